The minimum absolute atomic E-state index is 0.0153. The van der Waals surface area contributed by atoms with E-state index in [1.807, 2.05) is 30.3 Å². The van der Waals surface area contributed by atoms with Crippen molar-refractivity contribution in [1.29, 1.82) is 5.26 Å². The summed E-state index contributed by atoms with van der Waals surface area (Å²) >= 11 is 1.44. The maximum atomic E-state index is 11.5. The minimum Gasteiger partial charge on any atom is -0.488 e. The van der Waals surface area contributed by atoms with E-state index in [-0.39, 0.29) is 12.0 Å². The van der Waals surface area contributed by atoms with Crippen LogP contribution in [0, 0.1) is 17.2 Å². The SMILES string of the molecule is CC(C[C@H]1COC[C@H]1Oc1ccc(-c2ccc(C#N)s2)cc1)S(N)(=O)=O. The van der Waals surface area contributed by atoms with Crippen molar-refractivity contribution in [2.24, 2.45) is 11.1 Å². The summed E-state index contributed by atoms with van der Waals surface area (Å²) in [6, 6.07) is 13.5. The molecule has 3 atom stereocenters. The molecule has 1 aromatic heterocycles. The second-order valence-electron chi connectivity index (χ2n) is 6.39. The van der Waals surface area contributed by atoms with E-state index in [4.69, 9.17) is 19.9 Å². The highest BCUT2D eigenvalue weighted by Gasteiger charge is 2.33. The molecule has 0 amide bonds. The van der Waals surface area contributed by atoms with Crippen molar-refractivity contribution in [1.82, 2.24) is 0 Å². The second kappa shape index (κ2) is 7.76. The van der Waals surface area contributed by atoms with E-state index in [0.717, 1.165) is 10.4 Å². The molecular weight excluding hydrogens is 372 g/mol. The van der Waals surface area contributed by atoms with Crippen LogP contribution < -0.4 is 9.88 Å². The molecule has 0 radical (unpaired) electrons. The molecular formula is C18H20N2O4S2. The molecule has 2 aromatic rings. The zero-order valence-corrected chi connectivity index (χ0v) is 15.9. The molecule has 1 aliphatic heterocycles. The number of nitrogens with two attached hydrogens (primary N) is 1. The van der Waals surface area contributed by atoms with E-state index in [1.54, 1.807) is 13.0 Å². The van der Waals surface area contributed by atoms with Crippen molar-refractivity contribution in [2.45, 2.75) is 24.7 Å². The van der Waals surface area contributed by atoms with Gasteiger partial charge in [-0.1, -0.05) is 0 Å². The highest BCUT2D eigenvalue weighted by molar-refractivity contribution is 7.89. The Bertz CT molecular complexity index is 900. The van der Waals surface area contributed by atoms with Crippen molar-refractivity contribution < 1.29 is 17.9 Å². The lowest BCUT2D eigenvalue weighted by molar-refractivity contribution is 0.136. The van der Waals surface area contributed by atoms with Crippen molar-refractivity contribution in [3.8, 4) is 22.3 Å². The van der Waals surface area contributed by atoms with Crippen molar-refractivity contribution in [3.05, 3.63) is 41.3 Å². The third-order valence-corrected chi connectivity index (χ3v) is 6.83. The van der Waals surface area contributed by atoms with Crippen LogP contribution in [0.1, 0.15) is 18.2 Å². The smallest absolute Gasteiger partial charge is 0.211 e. The van der Waals surface area contributed by atoms with Crippen LogP contribution in [0.5, 0.6) is 5.75 Å². The summed E-state index contributed by atoms with van der Waals surface area (Å²) in [5.41, 5.74) is 1.02. The predicted molar refractivity (Wildman–Crippen MR) is 100 cm³/mol. The number of sulfonamides is 1. The number of ether oxygens (including phenoxy) is 2. The van der Waals surface area contributed by atoms with E-state index in [0.29, 0.717) is 30.3 Å². The van der Waals surface area contributed by atoms with Crippen LogP contribution in [0.2, 0.25) is 0 Å². The normalized spacial score (nSPS) is 21.3. The molecule has 1 saturated heterocycles. The first-order valence-electron chi connectivity index (χ1n) is 8.23. The molecule has 0 aliphatic carbocycles. The van der Waals surface area contributed by atoms with E-state index < -0.39 is 15.3 Å². The first-order chi connectivity index (χ1) is 12.4. The highest BCUT2D eigenvalue weighted by atomic mass is 32.2. The summed E-state index contributed by atoms with van der Waals surface area (Å²) in [6.45, 7) is 2.50. The Hall–Kier alpha value is -1.92. The van der Waals surface area contributed by atoms with Crippen LogP contribution in [0.3, 0.4) is 0 Å². The largest absolute Gasteiger partial charge is 0.488 e. The van der Waals surface area contributed by atoms with Crippen molar-refractivity contribution in [3.63, 3.8) is 0 Å². The van der Waals surface area contributed by atoms with E-state index in [1.165, 1.54) is 11.3 Å². The van der Waals surface area contributed by atoms with Gasteiger partial charge in [-0.15, -0.1) is 11.3 Å². The Morgan fingerprint density at radius 1 is 1.31 bits per heavy atom. The number of thiophene rings is 1. The number of rotatable bonds is 6. The summed E-state index contributed by atoms with van der Waals surface area (Å²) in [4.78, 5) is 1.70. The van der Waals surface area contributed by atoms with Crippen LogP contribution in [0.15, 0.2) is 36.4 Å². The Labute approximate surface area is 157 Å². The summed E-state index contributed by atoms with van der Waals surface area (Å²) in [5.74, 6) is 0.688. The number of nitriles is 1. The molecule has 138 valence electrons. The lowest BCUT2D eigenvalue weighted by Crippen LogP contribution is -2.33. The fourth-order valence-electron chi connectivity index (χ4n) is 2.92. The molecule has 1 fully saturated rings. The van der Waals surface area contributed by atoms with Crippen LogP contribution in [-0.2, 0) is 14.8 Å². The van der Waals surface area contributed by atoms with Crippen molar-refractivity contribution in [2.75, 3.05) is 13.2 Å². The number of hydrogen-bond donors (Lipinski definition) is 1. The van der Waals surface area contributed by atoms with E-state index in [2.05, 4.69) is 6.07 Å². The lowest BCUT2D eigenvalue weighted by atomic mass is 10.0. The van der Waals surface area contributed by atoms with Crippen molar-refractivity contribution >= 4 is 21.4 Å². The maximum Gasteiger partial charge on any atom is 0.211 e. The number of benzene rings is 1. The van der Waals surface area contributed by atoms with E-state index in [9.17, 15) is 8.42 Å². The minimum atomic E-state index is -3.56. The van der Waals surface area contributed by atoms with Crippen LogP contribution in [0.4, 0.5) is 0 Å². The number of hydrogen-bond acceptors (Lipinski definition) is 6. The Morgan fingerprint density at radius 3 is 2.65 bits per heavy atom. The Balaban J connectivity index is 1.65. The standard InChI is InChI=1S/C18H20N2O4S2/c1-12(26(20,21)22)8-14-10-23-11-17(14)24-15-4-2-13(3-5-15)18-7-6-16(9-19)25-18/h2-7,12,14,17H,8,10-11H2,1H3,(H2,20,21,22)/t12?,14-,17+/m0/s1. The van der Waals surface area contributed by atoms with Gasteiger partial charge in [-0.3, -0.25) is 0 Å². The van der Waals surface area contributed by atoms with E-state index >= 15 is 0 Å². The van der Waals surface area contributed by atoms with Gasteiger partial charge < -0.3 is 9.47 Å². The average Bonchev–Trinajstić information content (AvgIpc) is 3.24. The predicted octanol–water partition coefficient (Wildman–Crippen LogP) is 2.75. The molecule has 2 heterocycles. The molecule has 3 rings (SSSR count). The quantitative estimate of drug-likeness (QED) is 0.814. The van der Waals surface area contributed by atoms with Crippen LogP contribution >= 0.6 is 11.3 Å². The molecule has 0 bridgehead atoms. The summed E-state index contributed by atoms with van der Waals surface area (Å²) < 4.78 is 34.4. The first kappa shape index (κ1) is 18.9. The fourth-order valence-corrected chi connectivity index (χ4v) is 4.24. The van der Waals surface area contributed by atoms with Gasteiger partial charge in [0.25, 0.3) is 0 Å². The Kier molecular flexibility index (Phi) is 5.63. The molecule has 1 unspecified atom stereocenters. The van der Waals surface area contributed by atoms with Gasteiger partial charge in [0.1, 0.15) is 22.8 Å². The molecule has 2 N–H and O–H groups in total. The maximum absolute atomic E-state index is 11.5. The van der Waals surface area contributed by atoms with Gasteiger partial charge in [0, 0.05) is 10.8 Å². The number of primary sulfonamides is 1. The Morgan fingerprint density at radius 2 is 2.04 bits per heavy atom. The summed E-state index contributed by atoms with van der Waals surface area (Å²) in [5, 5.41) is 13.5. The number of nitrogens with zero attached hydrogens (tertiary/aromatic N) is 1. The molecule has 26 heavy (non-hydrogen) atoms. The van der Waals surface area contributed by atoms with Crippen LogP contribution in [0.25, 0.3) is 10.4 Å². The summed E-state index contributed by atoms with van der Waals surface area (Å²) in [7, 11) is -3.56. The highest BCUT2D eigenvalue weighted by Crippen LogP contribution is 2.31. The van der Waals surface area contributed by atoms with Gasteiger partial charge in [-0.2, -0.15) is 5.26 Å². The second-order valence-corrected chi connectivity index (χ2v) is 9.46. The van der Waals surface area contributed by atoms with Gasteiger partial charge in [-0.25, -0.2) is 13.6 Å². The zero-order chi connectivity index (χ0) is 18.7. The van der Waals surface area contributed by atoms with Gasteiger partial charge in [0.15, 0.2) is 0 Å². The molecule has 0 spiro atoms. The molecule has 8 heteroatoms. The van der Waals surface area contributed by atoms with Crippen LogP contribution in [-0.4, -0.2) is 33.0 Å². The third kappa shape index (κ3) is 4.43. The third-order valence-electron chi connectivity index (χ3n) is 4.48. The molecule has 1 aliphatic rings. The zero-order valence-electron chi connectivity index (χ0n) is 14.3. The molecule has 1 aromatic carbocycles. The van der Waals surface area contributed by atoms with Gasteiger partial charge in [-0.05, 0) is 55.3 Å². The lowest BCUT2D eigenvalue weighted by Gasteiger charge is -2.21. The average molecular weight is 393 g/mol. The summed E-state index contributed by atoms with van der Waals surface area (Å²) in [6.07, 6.45) is 0.213. The van der Waals surface area contributed by atoms with Gasteiger partial charge in [0.05, 0.1) is 18.5 Å². The topological polar surface area (TPSA) is 102 Å². The molecule has 0 saturated carbocycles. The molecule has 6 nitrogen and oxygen atoms in total. The fraction of sp³-hybridized carbons (Fsp3) is 0.389. The van der Waals surface area contributed by atoms with Gasteiger partial charge >= 0.3 is 0 Å². The monoisotopic (exact) mass is 392 g/mol. The van der Waals surface area contributed by atoms with Gasteiger partial charge in [0.2, 0.25) is 10.0 Å². The first-order valence-corrected chi connectivity index (χ1v) is 10.7.